The van der Waals surface area contributed by atoms with Gasteiger partial charge in [-0.25, -0.2) is 0 Å². The Labute approximate surface area is 86.6 Å². The highest BCUT2D eigenvalue weighted by molar-refractivity contribution is 7.85. The molecule has 0 aromatic carbocycles. The second kappa shape index (κ2) is 4.66. The zero-order valence-corrected chi connectivity index (χ0v) is 8.87. The van der Waals surface area contributed by atoms with E-state index in [9.17, 15) is 4.21 Å². The summed E-state index contributed by atoms with van der Waals surface area (Å²) in [5.74, 6) is 1.62. The van der Waals surface area contributed by atoms with Gasteiger partial charge in [-0.1, -0.05) is 6.07 Å². The van der Waals surface area contributed by atoms with Gasteiger partial charge in [-0.3, -0.25) is 14.1 Å². The van der Waals surface area contributed by atoms with Gasteiger partial charge in [-0.2, -0.15) is 0 Å². The molecular formula is C10H14N2OS. The van der Waals surface area contributed by atoms with E-state index < -0.39 is 10.8 Å². The van der Waals surface area contributed by atoms with E-state index in [0.29, 0.717) is 0 Å². The second-order valence-corrected chi connectivity index (χ2v) is 5.14. The van der Waals surface area contributed by atoms with Crippen LogP contribution in [-0.4, -0.2) is 38.7 Å². The summed E-state index contributed by atoms with van der Waals surface area (Å²) in [7, 11) is -0.581. The van der Waals surface area contributed by atoms with Crippen molar-refractivity contribution in [3.05, 3.63) is 30.1 Å². The Morgan fingerprint density at radius 2 is 2.14 bits per heavy atom. The maximum absolute atomic E-state index is 11.1. The van der Waals surface area contributed by atoms with Crippen LogP contribution in [0.1, 0.15) is 5.69 Å². The summed E-state index contributed by atoms with van der Waals surface area (Å²) in [6.07, 6.45) is 1.82. The molecular weight excluding hydrogens is 196 g/mol. The Hall–Kier alpha value is -0.740. The van der Waals surface area contributed by atoms with Crippen LogP contribution < -0.4 is 0 Å². The summed E-state index contributed by atoms with van der Waals surface area (Å²) < 4.78 is 11.1. The Bertz CT molecular complexity index is 305. The Morgan fingerprint density at radius 1 is 1.36 bits per heavy atom. The number of hydrogen-bond acceptors (Lipinski definition) is 3. The van der Waals surface area contributed by atoms with Crippen molar-refractivity contribution >= 4 is 10.8 Å². The summed E-state index contributed by atoms with van der Waals surface area (Å²) >= 11 is 0. The first-order valence-electron chi connectivity index (χ1n) is 4.82. The molecule has 3 nitrogen and oxygen atoms in total. The maximum Gasteiger partial charge on any atom is 0.0543 e. The number of rotatable bonds is 2. The van der Waals surface area contributed by atoms with Crippen molar-refractivity contribution in [2.75, 3.05) is 24.6 Å². The molecule has 0 atom stereocenters. The van der Waals surface area contributed by atoms with E-state index in [-0.39, 0.29) is 0 Å². The number of aromatic nitrogens is 1. The zero-order chi connectivity index (χ0) is 9.80. The normalized spacial score (nSPS) is 19.7. The highest BCUT2D eigenvalue weighted by Crippen LogP contribution is 2.05. The van der Waals surface area contributed by atoms with Crippen molar-refractivity contribution in [1.82, 2.24) is 9.88 Å². The van der Waals surface area contributed by atoms with Gasteiger partial charge in [0, 0.05) is 48.1 Å². The first kappa shape index (κ1) is 9.80. The van der Waals surface area contributed by atoms with Crippen LogP contribution in [0.5, 0.6) is 0 Å². The predicted octanol–water partition coefficient (Wildman–Crippen LogP) is 0.646. The van der Waals surface area contributed by atoms with Gasteiger partial charge in [0.2, 0.25) is 0 Å². The molecule has 1 aromatic rings. The molecule has 1 saturated heterocycles. The molecule has 0 N–H and O–H groups in total. The van der Waals surface area contributed by atoms with Crippen LogP contribution >= 0.6 is 0 Å². The molecule has 0 radical (unpaired) electrons. The molecule has 2 rings (SSSR count). The van der Waals surface area contributed by atoms with Crippen LogP contribution in [0.15, 0.2) is 24.4 Å². The fourth-order valence-corrected chi connectivity index (χ4v) is 2.68. The van der Waals surface area contributed by atoms with Crippen LogP contribution in [0.3, 0.4) is 0 Å². The van der Waals surface area contributed by atoms with E-state index in [0.717, 1.165) is 36.8 Å². The zero-order valence-electron chi connectivity index (χ0n) is 8.06. The molecule has 4 heteroatoms. The molecule has 0 aliphatic carbocycles. The third-order valence-electron chi connectivity index (χ3n) is 2.38. The van der Waals surface area contributed by atoms with Gasteiger partial charge in [-0.05, 0) is 12.1 Å². The summed E-state index contributed by atoms with van der Waals surface area (Å²) in [6.45, 7) is 2.75. The number of nitrogens with zero attached hydrogens (tertiary/aromatic N) is 2. The summed E-state index contributed by atoms with van der Waals surface area (Å²) in [5, 5.41) is 0. The lowest BCUT2D eigenvalue weighted by Gasteiger charge is -2.25. The number of pyridine rings is 1. The van der Waals surface area contributed by atoms with E-state index in [1.807, 2.05) is 24.4 Å². The molecule has 0 spiro atoms. The molecule has 0 unspecified atom stereocenters. The van der Waals surface area contributed by atoms with Crippen molar-refractivity contribution in [3.8, 4) is 0 Å². The SMILES string of the molecule is O=S1CCN(Cc2ccccn2)CC1. The molecule has 2 heterocycles. The van der Waals surface area contributed by atoms with Crippen LogP contribution in [-0.2, 0) is 17.3 Å². The minimum Gasteiger partial charge on any atom is -0.296 e. The van der Waals surface area contributed by atoms with Gasteiger partial charge >= 0.3 is 0 Å². The standard InChI is InChI=1S/C10H14N2OS/c13-14-7-5-12(6-8-14)9-10-3-1-2-4-11-10/h1-4H,5-9H2. The van der Waals surface area contributed by atoms with E-state index in [1.54, 1.807) is 0 Å². The Kier molecular flexibility index (Phi) is 3.26. The maximum atomic E-state index is 11.1. The van der Waals surface area contributed by atoms with Gasteiger partial charge in [-0.15, -0.1) is 0 Å². The number of hydrogen-bond donors (Lipinski definition) is 0. The fraction of sp³-hybridized carbons (Fsp3) is 0.500. The molecule has 1 fully saturated rings. The van der Waals surface area contributed by atoms with Crippen LogP contribution in [0.25, 0.3) is 0 Å². The van der Waals surface area contributed by atoms with Gasteiger partial charge < -0.3 is 0 Å². The smallest absolute Gasteiger partial charge is 0.0543 e. The quantitative estimate of drug-likeness (QED) is 0.718. The lowest BCUT2D eigenvalue weighted by molar-refractivity contribution is 0.288. The average molecular weight is 210 g/mol. The molecule has 1 aromatic heterocycles. The third kappa shape index (κ3) is 2.62. The Morgan fingerprint density at radius 3 is 2.79 bits per heavy atom. The van der Waals surface area contributed by atoms with Gasteiger partial charge in [0.1, 0.15) is 0 Å². The summed E-state index contributed by atoms with van der Waals surface area (Å²) in [6, 6.07) is 5.96. The summed E-state index contributed by atoms with van der Waals surface area (Å²) in [4.78, 5) is 6.58. The monoisotopic (exact) mass is 210 g/mol. The molecule has 0 saturated carbocycles. The van der Waals surface area contributed by atoms with Crippen LogP contribution in [0, 0.1) is 0 Å². The highest BCUT2D eigenvalue weighted by atomic mass is 32.2. The molecule has 76 valence electrons. The lowest BCUT2D eigenvalue weighted by Crippen LogP contribution is -2.37. The first-order valence-corrected chi connectivity index (χ1v) is 6.30. The molecule has 0 amide bonds. The average Bonchev–Trinajstić information content (AvgIpc) is 2.23. The fourth-order valence-electron chi connectivity index (χ4n) is 1.55. The third-order valence-corrected chi connectivity index (χ3v) is 3.66. The van der Waals surface area contributed by atoms with E-state index in [4.69, 9.17) is 0 Å². The Balaban J connectivity index is 1.89. The minimum atomic E-state index is -0.581. The topological polar surface area (TPSA) is 33.2 Å². The summed E-state index contributed by atoms with van der Waals surface area (Å²) in [5.41, 5.74) is 1.10. The highest BCUT2D eigenvalue weighted by Gasteiger charge is 2.14. The minimum absolute atomic E-state index is 0.581. The molecule has 1 aliphatic rings. The van der Waals surface area contributed by atoms with E-state index in [1.165, 1.54) is 0 Å². The van der Waals surface area contributed by atoms with Crippen molar-refractivity contribution in [2.24, 2.45) is 0 Å². The predicted molar refractivity (Wildman–Crippen MR) is 57.4 cm³/mol. The van der Waals surface area contributed by atoms with Crippen molar-refractivity contribution < 1.29 is 4.21 Å². The van der Waals surface area contributed by atoms with Crippen molar-refractivity contribution in [2.45, 2.75) is 6.54 Å². The molecule has 0 bridgehead atoms. The molecule has 1 aliphatic heterocycles. The van der Waals surface area contributed by atoms with Crippen molar-refractivity contribution in [3.63, 3.8) is 0 Å². The van der Waals surface area contributed by atoms with Crippen LogP contribution in [0.2, 0.25) is 0 Å². The molecule has 14 heavy (non-hydrogen) atoms. The first-order chi connectivity index (χ1) is 6.84. The van der Waals surface area contributed by atoms with Gasteiger partial charge in [0.05, 0.1) is 5.69 Å². The van der Waals surface area contributed by atoms with Crippen molar-refractivity contribution in [1.29, 1.82) is 0 Å². The largest absolute Gasteiger partial charge is 0.296 e. The van der Waals surface area contributed by atoms with Gasteiger partial charge in [0.25, 0.3) is 0 Å². The van der Waals surface area contributed by atoms with Gasteiger partial charge in [0.15, 0.2) is 0 Å². The van der Waals surface area contributed by atoms with Crippen LogP contribution in [0.4, 0.5) is 0 Å². The van der Waals surface area contributed by atoms with E-state index >= 15 is 0 Å². The lowest BCUT2D eigenvalue weighted by atomic mass is 10.3. The van der Waals surface area contributed by atoms with E-state index in [2.05, 4.69) is 9.88 Å². The second-order valence-electron chi connectivity index (χ2n) is 3.45.